The van der Waals surface area contributed by atoms with E-state index in [1.165, 1.54) is 0 Å². The number of carbonyl (C=O) groups excluding carboxylic acids is 2. The molecule has 0 aliphatic carbocycles. The van der Waals surface area contributed by atoms with E-state index in [4.69, 9.17) is 0 Å². The number of imide groups is 1. The van der Waals surface area contributed by atoms with Gasteiger partial charge in [-0.15, -0.1) is 0 Å². The minimum Gasteiger partial charge on any atom is -0.506 e. The molecule has 0 radical (unpaired) electrons. The molecule has 3 N–H and O–H groups in total. The molecule has 3 amide bonds. The average Bonchev–Trinajstić information content (AvgIpc) is 2.70. The summed E-state index contributed by atoms with van der Waals surface area (Å²) in [6, 6.07) is 15.7. The van der Waals surface area contributed by atoms with E-state index in [0.29, 0.717) is 32.7 Å². The molecule has 2 aromatic rings. The number of para-hydroxylation sites is 2. The van der Waals surface area contributed by atoms with E-state index in [1.807, 2.05) is 42.5 Å². The number of nitrogens with one attached hydrogen (secondary N) is 2. The van der Waals surface area contributed by atoms with Gasteiger partial charge in [0.2, 0.25) is 5.91 Å². The second kappa shape index (κ2) is 9.23. The van der Waals surface area contributed by atoms with Gasteiger partial charge in [0.15, 0.2) is 0 Å². The van der Waals surface area contributed by atoms with Crippen LogP contribution in [0.1, 0.15) is 18.5 Å². The molecule has 7 heteroatoms. The molecule has 1 heterocycles. The van der Waals surface area contributed by atoms with E-state index < -0.39 is 12.1 Å². The number of aromatic hydroxyl groups is 1. The molecule has 2 aromatic carbocycles. The molecular formula is C21H26N4O3. The maximum absolute atomic E-state index is 12.9. The maximum atomic E-state index is 12.9. The summed E-state index contributed by atoms with van der Waals surface area (Å²) in [5, 5.41) is 15.1. The fourth-order valence-electron chi connectivity index (χ4n) is 3.50. The highest BCUT2D eigenvalue weighted by molar-refractivity contribution is 5.97. The number of benzene rings is 2. The predicted molar refractivity (Wildman–Crippen MR) is 108 cm³/mol. The van der Waals surface area contributed by atoms with Gasteiger partial charge in [-0.1, -0.05) is 42.5 Å². The smallest absolute Gasteiger partial charge is 0.321 e. The lowest BCUT2D eigenvalue weighted by Gasteiger charge is -2.39. The topological polar surface area (TPSA) is 84.9 Å². The number of rotatable bonds is 5. The molecule has 7 nitrogen and oxygen atoms in total. The second-order valence-corrected chi connectivity index (χ2v) is 6.67. The largest absolute Gasteiger partial charge is 0.506 e. The highest BCUT2D eigenvalue weighted by atomic mass is 16.3. The molecule has 1 aliphatic rings. The first-order valence-electron chi connectivity index (χ1n) is 9.50. The van der Waals surface area contributed by atoms with Gasteiger partial charge < -0.3 is 15.3 Å². The van der Waals surface area contributed by atoms with Gasteiger partial charge in [0, 0.05) is 32.7 Å². The minimum atomic E-state index is -0.546. The van der Waals surface area contributed by atoms with Crippen LogP contribution in [0.2, 0.25) is 0 Å². The Balaban J connectivity index is 1.74. The Kier molecular flexibility index (Phi) is 6.49. The lowest BCUT2D eigenvalue weighted by Crippen LogP contribution is -2.52. The Hall–Kier alpha value is -3.06. The number of phenols is 1. The van der Waals surface area contributed by atoms with Crippen molar-refractivity contribution in [2.24, 2.45) is 0 Å². The van der Waals surface area contributed by atoms with Gasteiger partial charge in [-0.2, -0.15) is 0 Å². The third-order valence-corrected chi connectivity index (χ3v) is 4.84. The maximum Gasteiger partial charge on any atom is 0.321 e. The zero-order valence-corrected chi connectivity index (χ0v) is 16.0. The number of nitrogens with zero attached hydrogens (tertiary/aromatic N) is 2. The Morgan fingerprint density at radius 3 is 2.29 bits per heavy atom. The molecule has 0 aromatic heterocycles. The molecule has 0 saturated carbocycles. The van der Waals surface area contributed by atoms with Crippen molar-refractivity contribution in [3.05, 3.63) is 60.2 Å². The second-order valence-electron chi connectivity index (χ2n) is 6.67. The highest BCUT2D eigenvalue weighted by Gasteiger charge is 2.31. The molecule has 1 aliphatic heterocycles. The Bertz CT molecular complexity index is 804. The van der Waals surface area contributed by atoms with E-state index in [-0.39, 0.29) is 11.7 Å². The number of carbonyl (C=O) groups is 2. The molecule has 0 spiro atoms. The van der Waals surface area contributed by atoms with Crippen molar-refractivity contribution < 1.29 is 14.7 Å². The number of piperazine rings is 1. The van der Waals surface area contributed by atoms with E-state index in [9.17, 15) is 14.7 Å². The molecule has 3 rings (SSSR count). The van der Waals surface area contributed by atoms with Crippen molar-refractivity contribution in [2.45, 2.75) is 13.0 Å². The van der Waals surface area contributed by atoms with Crippen LogP contribution in [0.5, 0.6) is 5.75 Å². The van der Waals surface area contributed by atoms with Gasteiger partial charge in [0.1, 0.15) is 11.8 Å². The van der Waals surface area contributed by atoms with Crippen LogP contribution in [0.4, 0.5) is 10.5 Å². The number of urea groups is 1. The first-order valence-corrected chi connectivity index (χ1v) is 9.50. The van der Waals surface area contributed by atoms with Crippen molar-refractivity contribution in [1.82, 2.24) is 15.5 Å². The predicted octanol–water partition coefficient (Wildman–Crippen LogP) is 2.10. The van der Waals surface area contributed by atoms with Gasteiger partial charge in [-0.05, 0) is 24.6 Å². The molecule has 0 unspecified atom stereocenters. The van der Waals surface area contributed by atoms with Gasteiger partial charge in [-0.25, -0.2) is 4.79 Å². The fourth-order valence-corrected chi connectivity index (χ4v) is 3.50. The third-order valence-electron chi connectivity index (χ3n) is 4.84. The Labute approximate surface area is 165 Å². The van der Waals surface area contributed by atoms with Gasteiger partial charge in [0.25, 0.3) is 0 Å². The van der Waals surface area contributed by atoms with Crippen molar-refractivity contribution >= 4 is 17.6 Å². The lowest BCUT2D eigenvalue weighted by molar-refractivity contribution is -0.125. The summed E-state index contributed by atoms with van der Waals surface area (Å²) in [4.78, 5) is 28.9. The van der Waals surface area contributed by atoms with Crippen LogP contribution in [0.3, 0.4) is 0 Å². The average molecular weight is 382 g/mol. The molecule has 1 fully saturated rings. The lowest BCUT2D eigenvalue weighted by atomic mass is 10.0. The quantitative estimate of drug-likeness (QED) is 0.738. The van der Waals surface area contributed by atoms with Crippen LogP contribution in [0.15, 0.2) is 54.6 Å². The van der Waals surface area contributed by atoms with E-state index >= 15 is 0 Å². The van der Waals surface area contributed by atoms with Crippen LogP contribution in [0.25, 0.3) is 0 Å². The van der Waals surface area contributed by atoms with Crippen LogP contribution in [-0.2, 0) is 4.79 Å². The first-order chi connectivity index (χ1) is 13.6. The van der Waals surface area contributed by atoms with Crippen molar-refractivity contribution in [3.63, 3.8) is 0 Å². The molecule has 148 valence electrons. The third kappa shape index (κ3) is 4.61. The zero-order valence-electron chi connectivity index (χ0n) is 16.0. The monoisotopic (exact) mass is 382 g/mol. The van der Waals surface area contributed by atoms with E-state index in [0.717, 1.165) is 11.3 Å². The number of hydrogen-bond acceptors (Lipinski definition) is 5. The Morgan fingerprint density at radius 1 is 1.00 bits per heavy atom. The Morgan fingerprint density at radius 2 is 1.64 bits per heavy atom. The molecule has 1 atom stereocenters. The van der Waals surface area contributed by atoms with Crippen LogP contribution < -0.4 is 15.5 Å². The van der Waals surface area contributed by atoms with Crippen molar-refractivity contribution in [1.29, 1.82) is 0 Å². The van der Waals surface area contributed by atoms with Gasteiger partial charge in [-0.3, -0.25) is 15.0 Å². The summed E-state index contributed by atoms with van der Waals surface area (Å²) in [5.41, 5.74) is 1.64. The summed E-state index contributed by atoms with van der Waals surface area (Å²) in [7, 11) is 0. The first kappa shape index (κ1) is 19.7. The van der Waals surface area contributed by atoms with E-state index in [2.05, 4.69) is 20.4 Å². The van der Waals surface area contributed by atoms with Crippen LogP contribution >= 0.6 is 0 Å². The summed E-state index contributed by atoms with van der Waals surface area (Å²) in [6.07, 6.45) is 0. The number of hydrogen-bond donors (Lipinski definition) is 3. The standard InChI is InChI=1S/C21H26N4O3/c1-2-22-21(28)23-20(27)19(16-8-4-3-5-9-16)25-14-12-24(13-15-25)17-10-6-7-11-18(17)26/h3-11,19,26H,2,12-15H2,1H3,(H2,22,23,27,28)/t19-/m0/s1. The van der Waals surface area contributed by atoms with Gasteiger partial charge in [0.05, 0.1) is 5.69 Å². The summed E-state index contributed by atoms with van der Waals surface area (Å²) in [6.45, 7) is 4.88. The zero-order chi connectivity index (χ0) is 19.9. The number of phenolic OH excluding ortho intramolecular Hbond substituents is 1. The molecular weight excluding hydrogens is 356 g/mol. The summed E-state index contributed by atoms with van der Waals surface area (Å²) < 4.78 is 0. The van der Waals surface area contributed by atoms with Crippen molar-refractivity contribution in [3.8, 4) is 5.75 Å². The highest BCUT2D eigenvalue weighted by Crippen LogP contribution is 2.29. The van der Waals surface area contributed by atoms with E-state index in [1.54, 1.807) is 19.1 Å². The van der Waals surface area contributed by atoms with Crippen LogP contribution in [-0.4, -0.2) is 54.7 Å². The number of anilines is 1. The molecule has 28 heavy (non-hydrogen) atoms. The molecule has 0 bridgehead atoms. The summed E-state index contributed by atoms with van der Waals surface area (Å²) in [5.74, 6) is -0.0855. The van der Waals surface area contributed by atoms with Crippen LogP contribution in [0, 0.1) is 0 Å². The van der Waals surface area contributed by atoms with Gasteiger partial charge >= 0.3 is 6.03 Å². The summed E-state index contributed by atoms with van der Waals surface area (Å²) >= 11 is 0. The van der Waals surface area contributed by atoms with Crippen molar-refractivity contribution in [2.75, 3.05) is 37.6 Å². The minimum absolute atomic E-state index is 0.254. The normalized spacial score (nSPS) is 15.7. The fraction of sp³-hybridized carbons (Fsp3) is 0.333. The molecule has 1 saturated heterocycles. The SMILES string of the molecule is CCNC(=O)NC(=O)[C@H](c1ccccc1)N1CCN(c2ccccc2O)CC1. The number of amides is 3.